The topological polar surface area (TPSA) is 18.5 Å². The zero-order valence-electron chi connectivity index (χ0n) is 17.6. The molecule has 27 heavy (non-hydrogen) atoms. The highest BCUT2D eigenvalue weighted by molar-refractivity contribution is 7.99. The summed E-state index contributed by atoms with van der Waals surface area (Å²) in [6, 6.07) is 9.40. The molecule has 146 valence electrons. The summed E-state index contributed by atoms with van der Waals surface area (Å²) in [6.07, 6.45) is 1.04. The normalized spacial score (nSPS) is 12.2. The minimum Gasteiger partial charge on any atom is -0.372 e. The number of fused-ring (bicyclic) bond motifs is 2. The molecule has 2 aromatic rings. The molecule has 0 saturated heterocycles. The molecule has 0 aliphatic carbocycles. The molecule has 0 amide bonds. The molecule has 3 nitrogen and oxygen atoms in total. The number of aryl methyl sites for hydroxylation is 2. The van der Waals surface area contributed by atoms with Gasteiger partial charge in [0.05, 0.1) is 11.4 Å². The predicted octanol–water partition coefficient (Wildman–Crippen LogP) is 6.46. The molecule has 1 heterocycles. The summed E-state index contributed by atoms with van der Waals surface area (Å²) in [5.41, 5.74) is 7.95. The van der Waals surface area contributed by atoms with E-state index < -0.39 is 0 Å². The first-order valence-corrected chi connectivity index (χ1v) is 11.1. The lowest BCUT2D eigenvalue weighted by Gasteiger charge is -2.30. The number of rotatable bonds is 7. The van der Waals surface area contributed by atoms with Crippen LogP contribution in [0.3, 0.4) is 0 Å². The van der Waals surface area contributed by atoms with Crippen LogP contribution in [0.2, 0.25) is 0 Å². The lowest BCUT2D eigenvalue weighted by molar-refractivity contribution is 0.861. The van der Waals surface area contributed by atoms with Gasteiger partial charge in [-0.2, -0.15) is 0 Å². The van der Waals surface area contributed by atoms with E-state index in [1.165, 1.54) is 43.7 Å². The average Bonchev–Trinajstić information content (AvgIpc) is 2.68. The van der Waals surface area contributed by atoms with Crippen LogP contribution in [0, 0.1) is 6.92 Å². The second-order valence-corrected chi connectivity index (χ2v) is 8.12. The Morgan fingerprint density at radius 1 is 0.741 bits per heavy atom. The lowest BCUT2D eigenvalue weighted by Crippen LogP contribution is -2.23. The van der Waals surface area contributed by atoms with Gasteiger partial charge in [-0.15, -0.1) is 0 Å². The van der Waals surface area contributed by atoms with Crippen LogP contribution in [0.15, 0.2) is 34.1 Å². The highest BCUT2D eigenvalue weighted by atomic mass is 32.2. The summed E-state index contributed by atoms with van der Waals surface area (Å²) in [7, 11) is 0. The van der Waals surface area contributed by atoms with Gasteiger partial charge in [-0.3, -0.25) is 0 Å². The van der Waals surface area contributed by atoms with E-state index in [9.17, 15) is 0 Å². The van der Waals surface area contributed by atoms with E-state index in [1.807, 2.05) is 11.8 Å². The van der Waals surface area contributed by atoms with Gasteiger partial charge in [0.15, 0.2) is 0 Å². The maximum absolute atomic E-state index is 3.77. The summed E-state index contributed by atoms with van der Waals surface area (Å²) in [6.45, 7) is 17.5. The van der Waals surface area contributed by atoms with Gasteiger partial charge in [0.1, 0.15) is 0 Å². The first-order chi connectivity index (χ1) is 13.1. The Morgan fingerprint density at radius 3 is 1.78 bits per heavy atom. The van der Waals surface area contributed by atoms with E-state index in [0.29, 0.717) is 0 Å². The molecule has 0 unspecified atom stereocenters. The largest absolute Gasteiger partial charge is 0.372 e. The van der Waals surface area contributed by atoms with Crippen LogP contribution in [0.1, 0.15) is 45.7 Å². The van der Waals surface area contributed by atoms with Crippen molar-refractivity contribution in [1.29, 1.82) is 0 Å². The second kappa shape index (κ2) is 8.47. The van der Waals surface area contributed by atoms with E-state index in [1.54, 1.807) is 0 Å². The third-order valence-electron chi connectivity index (χ3n) is 5.56. The monoisotopic (exact) mass is 383 g/mol. The molecule has 0 fully saturated rings. The molecule has 0 atom stereocenters. The summed E-state index contributed by atoms with van der Waals surface area (Å²) in [5, 5.41) is 3.77. The molecule has 0 radical (unpaired) electrons. The summed E-state index contributed by atoms with van der Waals surface area (Å²) < 4.78 is 0. The van der Waals surface area contributed by atoms with Crippen molar-refractivity contribution < 1.29 is 0 Å². The highest BCUT2D eigenvalue weighted by Crippen LogP contribution is 2.49. The average molecular weight is 384 g/mol. The Labute approximate surface area is 169 Å². The fourth-order valence-electron chi connectivity index (χ4n) is 3.92. The third-order valence-corrected chi connectivity index (χ3v) is 6.64. The van der Waals surface area contributed by atoms with Gasteiger partial charge in [0.25, 0.3) is 0 Å². The summed E-state index contributed by atoms with van der Waals surface area (Å²) in [5.74, 6) is 0. The fraction of sp³-hybridized carbons (Fsp3) is 0.478. The maximum atomic E-state index is 3.77. The number of nitrogens with one attached hydrogen (secondary N) is 1. The number of nitrogens with zero attached hydrogens (tertiary/aromatic N) is 2. The Kier molecular flexibility index (Phi) is 6.25. The zero-order valence-corrected chi connectivity index (χ0v) is 18.5. The summed E-state index contributed by atoms with van der Waals surface area (Å²) >= 11 is 1.92. The van der Waals surface area contributed by atoms with Gasteiger partial charge >= 0.3 is 0 Å². The Bertz CT molecular complexity index is 808. The molecule has 0 bridgehead atoms. The number of anilines is 4. The first kappa shape index (κ1) is 19.9. The summed E-state index contributed by atoms with van der Waals surface area (Å²) in [4.78, 5) is 7.54. The van der Waals surface area contributed by atoms with Gasteiger partial charge in [-0.1, -0.05) is 18.7 Å². The van der Waals surface area contributed by atoms with Crippen molar-refractivity contribution >= 4 is 34.5 Å². The quantitative estimate of drug-likeness (QED) is 0.504. The van der Waals surface area contributed by atoms with Crippen molar-refractivity contribution in [3.63, 3.8) is 0 Å². The van der Waals surface area contributed by atoms with Crippen molar-refractivity contribution in [2.75, 3.05) is 41.3 Å². The van der Waals surface area contributed by atoms with Gasteiger partial charge in [0, 0.05) is 47.3 Å². The number of hydrogen-bond donors (Lipinski definition) is 1. The van der Waals surface area contributed by atoms with Gasteiger partial charge in [0.2, 0.25) is 0 Å². The third kappa shape index (κ3) is 3.77. The Morgan fingerprint density at radius 2 is 1.26 bits per heavy atom. The number of hydrogen-bond acceptors (Lipinski definition) is 4. The zero-order chi connectivity index (χ0) is 19.6. The molecule has 1 aliphatic heterocycles. The SMILES string of the molecule is CCc1cc(N(CC)CC)cc2c1Nc1c(C)cc(N(CC)CC)cc1S2. The van der Waals surface area contributed by atoms with E-state index in [4.69, 9.17) is 0 Å². The number of benzene rings is 2. The smallest absolute Gasteiger partial charge is 0.0560 e. The van der Waals surface area contributed by atoms with Crippen LogP contribution >= 0.6 is 11.8 Å². The van der Waals surface area contributed by atoms with E-state index in [0.717, 1.165) is 32.6 Å². The molecular formula is C23H33N3S. The highest BCUT2D eigenvalue weighted by Gasteiger charge is 2.22. The van der Waals surface area contributed by atoms with Gasteiger partial charge in [-0.25, -0.2) is 0 Å². The molecule has 4 heteroatoms. The van der Waals surface area contributed by atoms with Crippen molar-refractivity contribution in [3.8, 4) is 0 Å². The van der Waals surface area contributed by atoms with Crippen molar-refractivity contribution in [3.05, 3.63) is 35.4 Å². The molecule has 2 aromatic carbocycles. The fourth-order valence-corrected chi connectivity index (χ4v) is 5.12. The molecule has 0 spiro atoms. The van der Waals surface area contributed by atoms with E-state index in [-0.39, 0.29) is 0 Å². The van der Waals surface area contributed by atoms with E-state index >= 15 is 0 Å². The van der Waals surface area contributed by atoms with Crippen molar-refractivity contribution in [1.82, 2.24) is 0 Å². The van der Waals surface area contributed by atoms with Gasteiger partial charge < -0.3 is 15.1 Å². The Hall–Kier alpha value is -1.81. The maximum Gasteiger partial charge on any atom is 0.0560 e. The van der Waals surface area contributed by atoms with Crippen LogP contribution in [-0.4, -0.2) is 26.2 Å². The van der Waals surface area contributed by atoms with Crippen LogP contribution in [0.5, 0.6) is 0 Å². The van der Waals surface area contributed by atoms with Crippen LogP contribution in [0.4, 0.5) is 22.7 Å². The van der Waals surface area contributed by atoms with Gasteiger partial charge in [-0.05, 0) is 76.4 Å². The van der Waals surface area contributed by atoms with Crippen molar-refractivity contribution in [2.24, 2.45) is 0 Å². The lowest BCUT2D eigenvalue weighted by atomic mass is 10.1. The van der Waals surface area contributed by atoms with Crippen LogP contribution < -0.4 is 15.1 Å². The standard InChI is InChI=1S/C23H33N3S/c1-7-17-13-19(26(10-4)11-5)15-21-23(17)24-22-16(6)12-18(14-20(22)27-21)25(8-2)9-3/h12-15,24H,7-11H2,1-6H3. The van der Waals surface area contributed by atoms with Crippen LogP contribution in [-0.2, 0) is 6.42 Å². The predicted molar refractivity (Wildman–Crippen MR) is 122 cm³/mol. The minimum absolute atomic E-state index is 1.04. The molecule has 3 rings (SSSR count). The minimum atomic E-state index is 1.04. The van der Waals surface area contributed by atoms with Crippen LogP contribution in [0.25, 0.3) is 0 Å². The molecule has 1 N–H and O–H groups in total. The second-order valence-electron chi connectivity index (χ2n) is 7.04. The molecule has 0 aromatic heterocycles. The Balaban J connectivity index is 2.06. The van der Waals surface area contributed by atoms with Crippen molar-refractivity contribution in [2.45, 2.75) is 57.8 Å². The molecule has 0 saturated carbocycles. The molecule has 1 aliphatic rings. The first-order valence-electron chi connectivity index (χ1n) is 10.3. The molecular weight excluding hydrogens is 350 g/mol. The van der Waals surface area contributed by atoms with E-state index in [2.05, 4.69) is 80.9 Å².